The van der Waals surface area contributed by atoms with E-state index in [2.05, 4.69) is 35.1 Å². The lowest BCUT2D eigenvalue weighted by Gasteiger charge is -2.18. The van der Waals surface area contributed by atoms with Gasteiger partial charge >= 0.3 is 11.9 Å². The Labute approximate surface area is 359 Å². The van der Waals surface area contributed by atoms with Crippen molar-refractivity contribution in [1.82, 2.24) is 21.3 Å². The zero-order valence-electron chi connectivity index (χ0n) is 38.2. The number of amides is 4. The molecule has 59 heavy (non-hydrogen) atoms. The quantitative estimate of drug-likeness (QED) is 0.0348. The van der Waals surface area contributed by atoms with Crippen LogP contribution in [0.3, 0.4) is 0 Å². The molecule has 0 heterocycles. The van der Waals surface area contributed by atoms with Crippen LogP contribution in [0.25, 0.3) is 0 Å². The molecule has 344 valence electrons. The molecule has 0 spiro atoms. The summed E-state index contributed by atoms with van der Waals surface area (Å²) in [6.07, 6.45) is 28.6. The van der Waals surface area contributed by atoms with Gasteiger partial charge in [0.2, 0.25) is 23.6 Å². The summed E-state index contributed by atoms with van der Waals surface area (Å²) in [6.45, 7) is 9.42. The number of esters is 2. The molecule has 12 heteroatoms. The highest BCUT2D eigenvalue weighted by Gasteiger charge is 2.23. The van der Waals surface area contributed by atoms with E-state index in [0.717, 1.165) is 25.7 Å². The van der Waals surface area contributed by atoms with Gasteiger partial charge in [0.05, 0.1) is 13.2 Å². The van der Waals surface area contributed by atoms with Gasteiger partial charge in [-0.15, -0.1) is 0 Å². The Kier molecular flexibility index (Phi) is 39.3. The van der Waals surface area contributed by atoms with E-state index in [1.54, 1.807) is 13.8 Å². The molecule has 0 saturated heterocycles. The molecule has 0 fully saturated rings. The number of rotatable bonds is 42. The van der Waals surface area contributed by atoms with Crippen molar-refractivity contribution in [3.05, 3.63) is 0 Å². The zero-order chi connectivity index (χ0) is 43.6. The van der Waals surface area contributed by atoms with Gasteiger partial charge in [-0.25, -0.2) is 9.59 Å². The van der Waals surface area contributed by atoms with Gasteiger partial charge in [0.1, 0.15) is 12.1 Å². The highest BCUT2D eigenvalue weighted by molar-refractivity contribution is 5.85. The van der Waals surface area contributed by atoms with Crippen molar-refractivity contribution in [2.45, 2.75) is 239 Å². The van der Waals surface area contributed by atoms with E-state index in [1.165, 1.54) is 89.9 Å². The smallest absolute Gasteiger partial charge is 0.328 e. The van der Waals surface area contributed by atoms with Crippen molar-refractivity contribution in [2.24, 2.45) is 0 Å². The molecule has 12 nitrogen and oxygen atoms in total. The van der Waals surface area contributed by atoms with Crippen LogP contribution < -0.4 is 21.3 Å². The van der Waals surface area contributed by atoms with Crippen LogP contribution in [0.1, 0.15) is 227 Å². The van der Waals surface area contributed by atoms with E-state index in [1.807, 2.05) is 0 Å². The van der Waals surface area contributed by atoms with Crippen LogP contribution in [0.15, 0.2) is 0 Å². The minimum Gasteiger partial charge on any atom is -0.464 e. The molecule has 0 bridgehead atoms. The summed E-state index contributed by atoms with van der Waals surface area (Å²) in [4.78, 5) is 75.0. The first kappa shape index (κ1) is 55.8. The number of unbranched alkanes of at least 4 members (excludes halogenated alkanes) is 20. The average molecular weight is 837 g/mol. The fourth-order valence-corrected chi connectivity index (χ4v) is 7.04. The summed E-state index contributed by atoms with van der Waals surface area (Å²) in [6, 6.07) is -1.49. The van der Waals surface area contributed by atoms with E-state index in [9.17, 15) is 28.8 Å². The number of hydrogen-bond acceptors (Lipinski definition) is 8. The molecule has 0 aliphatic heterocycles. The minimum absolute atomic E-state index is 0.0623. The normalized spacial score (nSPS) is 12.0. The van der Waals surface area contributed by atoms with Crippen molar-refractivity contribution in [1.29, 1.82) is 0 Å². The monoisotopic (exact) mass is 837 g/mol. The Morgan fingerprint density at radius 2 is 0.644 bits per heavy atom. The Morgan fingerprint density at radius 3 is 0.966 bits per heavy atom. The molecule has 0 aromatic carbocycles. The third-order valence-electron chi connectivity index (χ3n) is 10.6. The van der Waals surface area contributed by atoms with Crippen LogP contribution in [0.4, 0.5) is 0 Å². The lowest BCUT2D eigenvalue weighted by Crippen LogP contribution is -2.42. The molecule has 0 unspecified atom stereocenters. The maximum atomic E-state index is 12.7. The SMILES string of the molecule is CCCCCCCCCCCC(=O)NCCCC[C@H](NC(=O)CCCCCC(=O)N[C@@H](CCCCNC(=O)CCCCCCCCCCC)C(=O)OCC)C(=O)OCC. The van der Waals surface area contributed by atoms with Crippen molar-refractivity contribution >= 4 is 35.6 Å². The van der Waals surface area contributed by atoms with Crippen molar-refractivity contribution in [3.63, 3.8) is 0 Å². The summed E-state index contributed by atoms with van der Waals surface area (Å²) < 4.78 is 10.4. The maximum Gasteiger partial charge on any atom is 0.328 e. The average Bonchev–Trinajstić information content (AvgIpc) is 3.21. The molecule has 0 aliphatic rings. The van der Waals surface area contributed by atoms with E-state index in [-0.39, 0.29) is 49.7 Å². The summed E-state index contributed by atoms with van der Waals surface area (Å²) in [7, 11) is 0. The predicted molar refractivity (Wildman–Crippen MR) is 238 cm³/mol. The van der Waals surface area contributed by atoms with Gasteiger partial charge in [-0.2, -0.15) is 0 Å². The maximum absolute atomic E-state index is 12.7. The molecule has 0 rings (SSSR count). The summed E-state index contributed by atoms with van der Waals surface area (Å²) in [5.74, 6) is -1.29. The van der Waals surface area contributed by atoms with Crippen molar-refractivity contribution < 1.29 is 38.2 Å². The lowest BCUT2D eigenvalue weighted by molar-refractivity contribution is -0.148. The van der Waals surface area contributed by atoms with Gasteiger partial charge in [-0.1, -0.05) is 123 Å². The Hall–Kier alpha value is -3.18. The topological polar surface area (TPSA) is 169 Å². The zero-order valence-corrected chi connectivity index (χ0v) is 38.2. The van der Waals surface area contributed by atoms with Crippen LogP contribution in [-0.2, 0) is 38.2 Å². The fourth-order valence-electron chi connectivity index (χ4n) is 7.04. The van der Waals surface area contributed by atoms with Crippen molar-refractivity contribution in [3.8, 4) is 0 Å². The first-order valence-electron chi connectivity index (χ1n) is 24.1. The summed E-state index contributed by atoms with van der Waals surface area (Å²) in [5, 5.41) is 11.6. The summed E-state index contributed by atoms with van der Waals surface area (Å²) >= 11 is 0. The van der Waals surface area contributed by atoms with Gasteiger partial charge < -0.3 is 30.7 Å². The Morgan fingerprint density at radius 1 is 0.356 bits per heavy atom. The van der Waals surface area contributed by atoms with E-state index < -0.39 is 24.0 Å². The van der Waals surface area contributed by atoms with Gasteiger partial charge in [-0.05, 0) is 78.1 Å². The second kappa shape index (κ2) is 41.5. The molecule has 4 N–H and O–H groups in total. The fraction of sp³-hybridized carbons (Fsp3) is 0.872. The van der Waals surface area contributed by atoms with Gasteiger partial charge in [0.15, 0.2) is 0 Å². The second-order valence-electron chi connectivity index (χ2n) is 16.2. The number of hydrogen-bond donors (Lipinski definition) is 4. The Bertz CT molecular complexity index is 1010. The van der Waals surface area contributed by atoms with Crippen LogP contribution >= 0.6 is 0 Å². The highest BCUT2D eigenvalue weighted by atomic mass is 16.5. The van der Waals surface area contributed by atoms with Gasteiger partial charge in [0, 0.05) is 38.8 Å². The number of carbonyl (C=O) groups excluding carboxylic acids is 6. The van der Waals surface area contributed by atoms with Crippen LogP contribution in [0, 0.1) is 0 Å². The third kappa shape index (κ3) is 36.4. The third-order valence-corrected chi connectivity index (χ3v) is 10.6. The molecular weight excluding hydrogens is 749 g/mol. The summed E-state index contributed by atoms with van der Waals surface area (Å²) in [5.41, 5.74) is 0. The van der Waals surface area contributed by atoms with Crippen molar-refractivity contribution in [2.75, 3.05) is 26.3 Å². The first-order valence-corrected chi connectivity index (χ1v) is 24.1. The van der Waals surface area contributed by atoms with E-state index in [0.29, 0.717) is 83.7 Å². The highest BCUT2D eigenvalue weighted by Crippen LogP contribution is 2.13. The largest absolute Gasteiger partial charge is 0.464 e. The molecule has 0 aromatic heterocycles. The Balaban J connectivity index is 4.28. The predicted octanol–water partition coefficient (Wildman–Crippen LogP) is 9.45. The van der Waals surface area contributed by atoms with Crippen LogP contribution in [-0.4, -0.2) is 74.0 Å². The van der Waals surface area contributed by atoms with Crippen LogP contribution in [0.5, 0.6) is 0 Å². The molecule has 0 aromatic rings. The van der Waals surface area contributed by atoms with E-state index >= 15 is 0 Å². The number of nitrogens with one attached hydrogen (secondary N) is 4. The standard InChI is InChI=1S/C47H88N4O8/c1-5-9-11-13-15-17-19-21-24-34-42(52)48-38-30-28-32-40(46(56)58-7-3)50-44(54)36-26-23-27-37-45(55)51-41(47(57)59-8-4)33-29-31-39-49-43(53)35-25-22-20-18-16-14-12-10-6-2/h40-41H,5-39H2,1-4H3,(H,48,52)(H,49,53)(H,50,54)(H,51,55)/t40-,41-/m0/s1. The molecule has 2 atom stereocenters. The lowest BCUT2D eigenvalue weighted by atomic mass is 10.1. The molecule has 0 saturated carbocycles. The number of carbonyl (C=O) groups is 6. The molecule has 0 radical (unpaired) electrons. The number of ether oxygens (including phenoxy) is 2. The molecular formula is C47H88N4O8. The van der Waals surface area contributed by atoms with Gasteiger partial charge in [-0.3, -0.25) is 19.2 Å². The van der Waals surface area contributed by atoms with Crippen LogP contribution in [0.2, 0.25) is 0 Å². The molecule has 0 aliphatic carbocycles. The first-order chi connectivity index (χ1) is 28.7. The molecule has 4 amide bonds. The van der Waals surface area contributed by atoms with E-state index in [4.69, 9.17) is 9.47 Å². The van der Waals surface area contributed by atoms with Gasteiger partial charge in [0.25, 0.3) is 0 Å². The minimum atomic E-state index is -0.744. The second-order valence-corrected chi connectivity index (χ2v) is 16.2.